The molecular formula is C16H26BrCl2FN2. The van der Waals surface area contributed by atoms with E-state index in [1.165, 1.54) is 25.3 Å². The zero-order valence-corrected chi connectivity index (χ0v) is 16.2. The van der Waals surface area contributed by atoms with Crippen molar-refractivity contribution >= 4 is 40.7 Å². The van der Waals surface area contributed by atoms with Crippen LogP contribution in [0, 0.1) is 5.82 Å². The summed E-state index contributed by atoms with van der Waals surface area (Å²) in [6.07, 6.45) is 4.79. The average Bonchev–Trinajstić information content (AvgIpc) is 2.43. The summed E-state index contributed by atoms with van der Waals surface area (Å²) in [6, 6.07) is 5.64. The monoisotopic (exact) mass is 414 g/mol. The van der Waals surface area contributed by atoms with E-state index >= 15 is 0 Å². The zero-order chi connectivity index (χ0) is 14.4. The summed E-state index contributed by atoms with van der Waals surface area (Å²) in [5.74, 6) is -0.148. The van der Waals surface area contributed by atoms with Crippen LogP contribution >= 0.6 is 40.7 Å². The highest BCUT2D eigenvalue weighted by Gasteiger charge is 2.22. The molecule has 1 atom stereocenters. The molecule has 0 unspecified atom stereocenters. The third-order valence-electron chi connectivity index (χ3n) is 3.94. The maximum atomic E-state index is 13.7. The maximum absolute atomic E-state index is 13.7. The Morgan fingerprint density at radius 3 is 2.45 bits per heavy atom. The van der Waals surface area contributed by atoms with Crippen molar-refractivity contribution in [2.75, 3.05) is 26.2 Å². The molecule has 1 saturated heterocycles. The van der Waals surface area contributed by atoms with Gasteiger partial charge in [0.25, 0.3) is 0 Å². The molecule has 0 aliphatic carbocycles. The highest BCUT2D eigenvalue weighted by molar-refractivity contribution is 9.10. The van der Waals surface area contributed by atoms with Gasteiger partial charge in [0, 0.05) is 36.7 Å². The number of hydrogen-bond acceptors (Lipinski definition) is 2. The number of halogens is 4. The largest absolute Gasteiger partial charge is 0.314 e. The van der Waals surface area contributed by atoms with Gasteiger partial charge in [0.2, 0.25) is 0 Å². The molecule has 0 aromatic heterocycles. The zero-order valence-electron chi connectivity index (χ0n) is 13.0. The van der Waals surface area contributed by atoms with Gasteiger partial charge in [-0.1, -0.05) is 42.1 Å². The SMILES string of the molecule is CCCCC[C@H](c1cc(F)cc(Br)c1)N1CCNCC1.Cl.Cl. The minimum absolute atomic E-state index is 0. The Hall–Kier alpha value is 0.130. The number of nitrogens with one attached hydrogen (secondary N) is 1. The van der Waals surface area contributed by atoms with Gasteiger partial charge in [-0.2, -0.15) is 0 Å². The molecule has 6 heteroatoms. The van der Waals surface area contributed by atoms with E-state index in [9.17, 15) is 4.39 Å². The summed E-state index contributed by atoms with van der Waals surface area (Å²) in [7, 11) is 0. The van der Waals surface area contributed by atoms with E-state index in [-0.39, 0.29) is 30.6 Å². The van der Waals surface area contributed by atoms with Gasteiger partial charge in [0.15, 0.2) is 0 Å². The smallest absolute Gasteiger partial charge is 0.124 e. The van der Waals surface area contributed by atoms with Crippen LogP contribution in [0.2, 0.25) is 0 Å². The summed E-state index contributed by atoms with van der Waals surface area (Å²) >= 11 is 3.42. The van der Waals surface area contributed by atoms with Gasteiger partial charge < -0.3 is 5.32 Å². The first-order chi connectivity index (χ1) is 9.70. The summed E-state index contributed by atoms with van der Waals surface area (Å²) in [5.41, 5.74) is 1.11. The van der Waals surface area contributed by atoms with Crippen molar-refractivity contribution < 1.29 is 4.39 Å². The van der Waals surface area contributed by atoms with Crippen molar-refractivity contribution in [2.24, 2.45) is 0 Å². The second-order valence-corrected chi connectivity index (χ2v) is 6.42. The van der Waals surface area contributed by atoms with Crippen molar-refractivity contribution in [1.82, 2.24) is 10.2 Å². The fraction of sp³-hybridized carbons (Fsp3) is 0.625. The van der Waals surface area contributed by atoms with E-state index in [0.29, 0.717) is 6.04 Å². The van der Waals surface area contributed by atoms with Crippen molar-refractivity contribution in [2.45, 2.75) is 38.6 Å². The highest BCUT2D eigenvalue weighted by atomic mass is 79.9. The number of rotatable bonds is 6. The fourth-order valence-corrected chi connectivity index (χ4v) is 3.39. The molecular weight excluding hydrogens is 390 g/mol. The van der Waals surface area contributed by atoms with Crippen LogP contribution in [-0.2, 0) is 0 Å². The number of piperazine rings is 1. The van der Waals surface area contributed by atoms with Crippen LogP contribution in [0.3, 0.4) is 0 Å². The maximum Gasteiger partial charge on any atom is 0.124 e. The molecule has 2 rings (SSSR count). The lowest BCUT2D eigenvalue weighted by atomic mass is 9.98. The Balaban J connectivity index is 0.00000220. The molecule has 1 aromatic rings. The van der Waals surface area contributed by atoms with Crippen LogP contribution < -0.4 is 5.32 Å². The Kier molecular flexibility index (Phi) is 11.7. The molecule has 0 saturated carbocycles. The summed E-state index contributed by atoms with van der Waals surface area (Å²) in [5, 5.41) is 3.39. The number of benzene rings is 1. The summed E-state index contributed by atoms with van der Waals surface area (Å²) < 4.78 is 14.5. The molecule has 1 aliphatic heterocycles. The van der Waals surface area contributed by atoms with E-state index in [0.717, 1.165) is 42.6 Å². The molecule has 128 valence electrons. The van der Waals surface area contributed by atoms with Crippen LogP contribution in [-0.4, -0.2) is 31.1 Å². The van der Waals surface area contributed by atoms with Gasteiger partial charge in [-0.05, 0) is 30.2 Å². The van der Waals surface area contributed by atoms with Crippen molar-refractivity contribution in [3.63, 3.8) is 0 Å². The first-order valence-electron chi connectivity index (χ1n) is 7.61. The number of unbranched alkanes of at least 4 members (excludes halogenated alkanes) is 2. The predicted molar refractivity (Wildman–Crippen MR) is 99.9 cm³/mol. The van der Waals surface area contributed by atoms with Gasteiger partial charge in [-0.15, -0.1) is 24.8 Å². The molecule has 22 heavy (non-hydrogen) atoms. The molecule has 1 aliphatic rings. The molecule has 2 nitrogen and oxygen atoms in total. The highest BCUT2D eigenvalue weighted by Crippen LogP contribution is 2.29. The molecule has 1 fully saturated rings. The predicted octanol–water partition coefficient (Wildman–Crippen LogP) is 4.96. The van der Waals surface area contributed by atoms with Crippen molar-refractivity contribution in [3.8, 4) is 0 Å². The van der Waals surface area contributed by atoms with Gasteiger partial charge >= 0.3 is 0 Å². The van der Waals surface area contributed by atoms with Gasteiger partial charge in [-0.25, -0.2) is 4.39 Å². The third-order valence-corrected chi connectivity index (χ3v) is 4.40. The molecule has 0 amide bonds. The normalized spacial score (nSPS) is 16.5. The quantitative estimate of drug-likeness (QED) is 0.660. The molecule has 1 aromatic carbocycles. The van der Waals surface area contributed by atoms with E-state index in [2.05, 4.69) is 39.1 Å². The van der Waals surface area contributed by atoms with E-state index in [1.54, 1.807) is 6.07 Å². The van der Waals surface area contributed by atoms with E-state index < -0.39 is 0 Å². The van der Waals surface area contributed by atoms with Crippen LogP contribution in [0.5, 0.6) is 0 Å². The Bertz CT molecular complexity index is 408. The van der Waals surface area contributed by atoms with Crippen LogP contribution in [0.1, 0.15) is 44.2 Å². The fourth-order valence-electron chi connectivity index (χ4n) is 2.91. The lowest BCUT2D eigenvalue weighted by Gasteiger charge is -2.35. The average molecular weight is 416 g/mol. The first-order valence-corrected chi connectivity index (χ1v) is 8.40. The third kappa shape index (κ3) is 6.71. The second kappa shape index (κ2) is 11.6. The van der Waals surface area contributed by atoms with Crippen LogP contribution in [0.4, 0.5) is 4.39 Å². The Morgan fingerprint density at radius 1 is 1.18 bits per heavy atom. The van der Waals surface area contributed by atoms with Crippen LogP contribution in [0.25, 0.3) is 0 Å². The minimum atomic E-state index is -0.148. The number of hydrogen-bond donors (Lipinski definition) is 1. The van der Waals surface area contributed by atoms with Crippen molar-refractivity contribution in [3.05, 3.63) is 34.1 Å². The molecule has 1 heterocycles. The Morgan fingerprint density at radius 2 is 1.86 bits per heavy atom. The molecule has 0 bridgehead atoms. The van der Waals surface area contributed by atoms with Crippen LogP contribution in [0.15, 0.2) is 22.7 Å². The molecule has 1 N–H and O–H groups in total. The van der Waals surface area contributed by atoms with E-state index in [4.69, 9.17) is 0 Å². The summed E-state index contributed by atoms with van der Waals surface area (Å²) in [4.78, 5) is 2.49. The molecule has 0 radical (unpaired) electrons. The first kappa shape index (κ1) is 22.1. The molecule has 0 spiro atoms. The summed E-state index contributed by atoms with van der Waals surface area (Å²) in [6.45, 7) is 6.37. The lowest BCUT2D eigenvalue weighted by Crippen LogP contribution is -2.45. The number of nitrogens with zero attached hydrogens (tertiary/aromatic N) is 1. The second-order valence-electron chi connectivity index (χ2n) is 5.50. The van der Waals surface area contributed by atoms with Gasteiger partial charge in [0.1, 0.15) is 5.82 Å². The van der Waals surface area contributed by atoms with Crippen molar-refractivity contribution in [1.29, 1.82) is 0 Å². The van der Waals surface area contributed by atoms with E-state index in [1.807, 2.05) is 0 Å². The minimum Gasteiger partial charge on any atom is -0.314 e. The Labute approximate surface area is 154 Å². The standard InChI is InChI=1S/C16H24BrFN2.2ClH/c1-2-3-4-5-16(20-8-6-19-7-9-20)13-10-14(17)12-15(18)11-13;;/h10-12,16,19H,2-9H2,1H3;2*1H/t16-;;/m1../s1. The topological polar surface area (TPSA) is 15.3 Å². The van der Waals surface area contributed by atoms with Gasteiger partial charge in [-0.3, -0.25) is 4.90 Å². The lowest BCUT2D eigenvalue weighted by molar-refractivity contribution is 0.162. The van der Waals surface area contributed by atoms with Gasteiger partial charge in [0.05, 0.1) is 0 Å².